The van der Waals surface area contributed by atoms with Crippen molar-refractivity contribution in [1.82, 2.24) is 4.57 Å². The Morgan fingerprint density at radius 2 is 1.71 bits per heavy atom. The maximum Gasteiger partial charge on any atom is 0.417 e. The van der Waals surface area contributed by atoms with Gasteiger partial charge in [0.05, 0.1) is 5.56 Å². The molecule has 6 nitrogen and oxygen atoms in total. The van der Waals surface area contributed by atoms with Gasteiger partial charge in [0.2, 0.25) is 0 Å². The lowest BCUT2D eigenvalue weighted by molar-refractivity contribution is -0.148. The third kappa shape index (κ3) is 5.45. The number of ether oxygens (including phenoxy) is 1. The predicted octanol–water partition coefficient (Wildman–Crippen LogP) is 2.97. The number of carbonyl (C=O) groups excluding carboxylic acids is 2. The van der Waals surface area contributed by atoms with E-state index in [-0.39, 0.29) is 0 Å². The Labute approximate surface area is 158 Å². The average molecular weight is 396 g/mol. The van der Waals surface area contributed by atoms with E-state index in [1.165, 1.54) is 0 Å². The summed E-state index contributed by atoms with van der Waals surface area (Å²) in [6.45, 7) is 4.20. The summed E-state index contributed by atoms with van der Waals surface area (Å²) in [5, 5.41) is 2.63. The number of pyridine rings is 1. The number of anilines is 1. The Balaban J connectivity index is 1.98. The van der Waals surface area contributed by atoms with Gasteiger partial charge in [0.15, 0.2) is 6.61 Å². The minimum atomic E-state index is -4.65. The van der Waals surface area contributed by atoms with Crippen molar-refractivity contribution in [3.63, 3.8) is 0 Å². The summed E-state index contributed by atoms with van der Waals surface area (Å²) in [5.41, 5.74) is 1.45. The standard InChI is InChI=1S/C19H19F3N2O4/c1-11-6-12(2)18(13(3)7-11)23-15(25)10-28-17(27)9-24-8-14(19(20,21)22)4-5-16(24)26/h4-8H,9-10H2,1-3H3,(H,23,25). The van der Waals surface area contributed by atoms with Gasteiger partial charge >= 0.3 is 12.1 Å². The van der Waals surface area contributed by atoms with Crippen LogP contribution in [0.5, 0.6) is 0 Å². The predicted molar refractivity (Wildman–Crippen MR) is 95.9 cm³/mol. The van der Waals surface area contributed by atoms with Crippen LogP contribution in [0.4, 0.5) is 18.9 Å². The molecule has 1 aromatic carbocycles. The van der Waals surface area contributed by atoms with E-state index in [1.54, 1.807) is 0 Å². The number of aromatic nitrogens is 1. The number of amides is 1. The molecule has 0 aliphatic rings. The zero-order chi connectivity index (χ0) is 21.1. The van der Waals surface area contributed by atoms with Crippen LogP contribution in [-0.4, -0.2) is 23.1 Å². The largest absolute Gasteiger partial charge is 0.454 e. The molecule has 0 saturated carbocycles. The zero-order valence-electron chi connectivity index (χ0n) is 15.5. The number of nitrogens with one attached hydrogen (secondary N) is 1. The van der Waals surface area contributed by atoms with Gasteiger partial charge in [-0.05, 0) is 38.0 Å². The number of rotatable bonds is 5. The van der Waals surface area contributed by atoms with Crippen LogP contribution in [0, 0.1) is 20.8 Å². The number of halogens is 3. The lowest BCUT2D eigenvalue weighted by Crippen LogP contribution is -2.28. The molecule has 1 N–H and O–H groups in total. The molecular weight excluding hydrogens is 377 g/mol. The number of esters is 1. The maximum atomic E-state index is 12.7. The van der Waals surface area contributed by atoms with Gasteiger partial charge in [-0.2, -0.15) is 13.2 Å². The van der Waals surface area contributed by atoms with Crippen molar-refractivity contribution in [3.05, 3.63) is 63.1 Å². The summed E-state index contributed by atoms with van der Waals surface area (Å²) in [5.74, 6) is -1.60. The minimum absolute atomic E-state index is 0.530. The highest BCUT2D eigenvalue weighted by atomic mass is 19.4. The van der Waals surface area contributed by atoms with Crippen LogP contribution < -0.4 is 10.9 Å². The lowest BCUT2D eigenvalue weighted by Gasteiger charge is -2.13. The van der Waals surface area contributed by atoms with Gasteiger partial charge in [0.25, 0.3) is 11.5 Å². The van der Waals surface area contributed by atoms with E-state index < -0.39 is 42.3 Å². The monoisotopic (exact) mass is 396 g/mol. The number of carbonyl (C=O) groups is 2. The molecule has 0 radical (unpaired) electrons. The zero-order valence-corrected chi connectivity index (χ0v) is 15.5. The normalized spacial score (nSPS) is 11.2. The molecule has 2 aromatic rings. The Hall–Kier alpha value is -3.10. The first-order valence-corrected chi connectivity index (χ1v) is 8.28. The number of hydrogen-bond acceptors (Lipinski definition) is 4. The molecule has 1 aromatic heterocycles. The van der Waals surface area contributed by atoms with Crippen molar-refractivity contribution in [1.29, 1.82) is 0 Å². The van der Waals surface area contributed by atoms with Gasteiger partial charge < -0.3 is 14.6 Å². The summed E-state index contributed by atoms with van der Waals surface area (Å²) < 4.78 is 43.5. The van der Waals surface area contributed by atoms with E-state index in [9.17, 15) is 27.6 Å². The molecule has 150 valence electrons. The molecule has 9 heteroatoms. The number of alkyl halides is 3. The summed E-state index contributed by atoms with van der Waals surface area (Å²) in [7, 11) is 0. The molecule has 28 heavy (non-hydrogen) atoms. The molecule has 2 rings (SSSR count). The lowest BCUT2D eigenvalue weighted by atomic mass is 10.1. The van der Waals surface area contributed by atoms with Crippen molar-refractivity contribution < 1.29 is 27.5 Å². The van der Waals surface area contributed by atoms with Crippen LogP contribution in [0.2, 0.25) is 0 Å². The van der Waals surface area contributed by atoms with Gasteiger partial charge in [-0.15, -0.1) is 0 Å². The first kappa shape index (κ1) is 21.2. The number of hydrogen-bond donors (Lipinski definition) is 1. The molecule has 0 unspecified atom stereocenters. The van der Waals surface area contributed by atoms with Crippen LogP contribution in [0.3, 0.4) is 0 Å². The van der Waals surface area contributed by atoms with Gasteiger partial charge in [-0.25, -0.2) is 0 Å². The summed E-state index contributed by atoms with van der Waals surface area (Å²) in [4.78, 5) is 35.4. The highest BCUT2D eigenvalue weighted by Gasteiger charge is 2.31. The minimum Gasteiger partial charge on any atom is -0.454 e. The summed E-state index contributed by atoms with van der Waals surface area (Å²) in [6, 6.07) is 5.11. The summed E-state index contributed by atoms with van der Waals surface area (Å²) in [6.07, 6.45) is -4.12. The van der Waals surface area contributed by atoms with Crippen LogP contribution in [-0.2, 0) is 27.0 Å². The van der Waals surface area contributed by atoms with E-state index in [4.69, 9.17) is 4.74 Å². The van der Waals surface area contributed by atoms with Crippen LogP contribution >= 0.6 is 0 Å². The van der Waals surface area contributed by atoms with E-state index >= 15 is 0 Å². The molecule has 0 aliphatic carbocycles. The Bertz CT molecular complexity index is 941. The second-order valence-electron chi connectivity index (χ2n) is 6.36. The molecule has 1 amide bonds. The fourth-order valence-electron chi connectivity index (χ4n) is 2.71. The average Bonchev–Trinajstić information content (AvgIpc) is 2.57. The molecular formula is C19H19F3N2O4. The molecule has 0 spiro atoms. The highest BCUT2D eigenvalue weighted by molar-refractivity contribution is 5.94. The molecule has 0 saturated heterocycles. The summed E-state index contributed by atoms with van der Waals surface area (Å²) >= 11 is 0. The number of nitrogens with zero attached hydrogens (tertiary/aromatic N) is 1. The quantitative estimate of drug-likeness (QED) is 0.789. The van der Waals surface area contributed by atoms with Crippen LogP contribution in [0.15, 0.2) is 35.3 Å². The molecule has 0 fully saturated rings. The molecule has 0 atom stereocenters. The van der Waals surface area contributed by atoms with Crippen LogP contribution in [0.25, 0.3) is 0 Å². The topological polar surface area (TPSA) is 77.4 Å². The van der Waals surface area contributed by atoms with Crippen molar-refractivity contribution in [2.75, 3.05) is 11.9 Å². The van der Waals surface area contributed by atoms with Crippen LogP contribution in [0.1, 0.15) is 22.3 Å². The SMILES string of the molecule is Cc1cc(C)c(NC(=O)COC(=O)Cn2cc(C(F)(F)F)ccc2=O)c(C)c1. The fraction of sp³-hybridized carbons (Fsp3) is 0.316. The Morgan fingerprint density at radius 3 is 2.29 bits per heavy atom. The third-order valence-electron chi connectivity index (χ3n) is 3.92. The van der Waals surface area contributed by atoms with E-state index in [0.29, 0.717) is 28.6 Å². The smallest absolute Gasteiger partial charge is 0.417 e. The Morgan fingerprint density at radius 1 is 1.11 bits per heavy atom. The molecule has 0 aliphatic heterocycles. The van der Waals surface area contributed by atoms with Crippen molar-refractivity contribution in [2.45, 2.75) is 33.5 Å². The number of benzene rings is 1. The van der Waals surface area contributed by atoms with E-state index in [1.807, 2.05) is 32.9 Å². The second-order valence-corrected chi connectivity index (χ2v) is 6.36. The van der Waals surface area contributed by atoms with Crippen molar-refractivity contribution >= 4 is 17.6 Å². The van der Waals surface area contributed by atoms with Gasteiger partial charge in [-0.3, -0.25) is 14.4 Å². The fourth-order valence-corrected chi connectivity index (χ4v) is 2.71. The van der Waals surface area contributed by atoms with E-state index in [2.05, 4.69) is 5.32 Å². The van der Waals surface area contributed by atoms with Gasteiger partial charge in [0, 0.05) is 18.0 Å². The molecule has 0 bridgehead atoms. The van der Waals surface area contributed by atoms with Crippen molar-refractivity contribution in [3.8, 4) is 0 Å². The molecule has 1 heterocycles. The first-order valence-electron chi connectivity index (χ1n) is 8.28. The van der Waals surface area contributed by atoms with Gasteiger partial charge in [0.1, 0.15) is 6.54 Å². The maximum absolute atomic E-state index is 12.7. The van der Waals surface area contributed by atoms with E-state index in [0.717, 1.165) is 16.7 Å². The van der Waals surface area contributed by atoms with Crippen molar-refractivity contribution in [2.24, 2.45) is 0 Å². The number of aryl methyl sites for hydroxylation is 3. The third-order valence-corrected chi connectivity index (χ3v) is 3.92. The second kappa shape index (κ2) is 8.28. The van der Waals surface area contributed by atoms with Gasteiger partial charge in [-0.1, -0.05) is 17.7 Å². The highest BCUT2D eigenvalue weighted by Crippen LogP contribution is 2.28. The first-order chi connectivity index (χ1) is 13.0. The Kier molecular flexibility index (Phi) is 6.27.